The lowest BCUT2D eigenvalue weighted by atomic mass is 10.2. The van der Waals surface area contributed by atoms with Gasteiger partial charge in [-0.3, -0.25) is 19.6 Å². The molecule has 0 radical (unpaired) electrons. The molecule has 0 aliphatic heterocycles. The zero-order chi connectivity index (χ0) is 15.4. The molecule has 1 N–H and O–H groups in total. The van der Waals surface area contributed by atoms with Crippen molar-refractivity contribution in [1.82, 2.24) is 9.78 Å². The van der Waals surface area contributed by atoms with E-state index >= 15 is 0 Å². The average molecular weight is 285 g/mol. The third kappa shape index (κ3) is 3.22. The van der Waals surface area contributed by atoms with E-state index in [-0.39, 0.29) is 11.6 Å². The van der Waals surface area contributed by atoms with Gasteiger partial charge >= 0.3 is 5.69 Å². The Hall–Kier alpha value is -3.21. The van der Waals surface area contributed by atoms with Crippen molar-refractivity contribution in [1.29, 1.82) is 5.26 Å². The lowest BCUT2D eigenvalue weighted by Gasteiger charge is -2.12. The molecule has 8 nitrogen and oxygen atoms in total. The number of carbonyl (C=O) groups excluding carboxylic acids is 1. The van der Waals surface area contributed by atoms with Crippen molar-refractivity contribution in [2.24, 2.45) is 0 Å². The zero-order valence-electron chi connectivity index (χ0n) is 11.1. The van der Waals surface area contributed by atoms with E-state index in [0.717, 1.165) is 6.20 Å². The number of amides is 1. The van der Waals surface area contributed by atoms with Gasteiger partial charge in [0.15, 0.2) is 0 Å². The molecular formula is C13H11N5O3. The number of benzene rings is 1. The van der Waals surface area contributed by atoms with Crippen LogP contribution in [-0.2, 0) is 4.79 Å². The molecule has 1 aromatic carbocycles. The van der Waals surface area contributed by atoms with Crippen molar-refractivity contribution >= 4 is 17.3 Å². The van der Waals surface area contributed by atoms with E-state index in [0.29, 0.717) is 11.3 Å². The first-order chi connectivity index (χ1) is 10.0. The Kier molecular flexibility index (Phi) is 3.95. The van der Waals surface area contributed by atoms with Crippen molar-refractivity contribution in [2.75, 3.05) is 5.32 Å². The summed E-state index contributed by atoms with van der Waals surface area (Å²) in [5, 5.41) is 25.7. The molecule has 0 saturated heterocycles. The van der Waals surface area contributed by atoms with Crippen LogP contribution in [-0.4, -0.2) is 20.6 Å². The monoisotopic (exact) mass is 285 g/mol. The smallest absolute Gasteiger partial charge is 0.307 e. The molecule has 0 fully saturated rings. The second-order valence-electron chi connectivity index (χ2n) is 4.29. The lowest BCUT2D eigenvalue weighted by Crippen LogP contribution is -2.23. The van der Waals surface area contributed by atoms with Crippen LogP contribution in [0.4, 0.5) is 11.4 Å². The SMILES string of the molecule is CC(C(=O)Nc1ccc(C#N)cc1)n1cc([N+](=O)[O-])cn1. The van der Waals surface area contributed by atoms with Gasteiger partial charge in [-0.25, -0.2) is 0 Å². The number of carbonyl (C=O) groups is 1. The van der Waals surface area contributed by atoms with Gasteiger partial charge in [-0.1, -0.05) is 0 Å². The lowest BCUT2D eigenvalue weighted by molar-refractivity contribution is -0.385. The fraction of sp³-hybridized carbons (Fsp3) is 0.154. The molecule has 1 atom stereocenters. The largest absolute Gasteiger partial charge is 0.324 e. The number of aromatic nitrogens is 2. The summed E-state index contributed by atoms with van der Waals surface area (Å²) in [6, 6.07) is 7.66. The Balaban J connectivity index is 2.07. The van der Waals surface area contributed by atoms with Gasteiger partial charge in [-0.2, -0.15) is 10.4 Å². The van der Waals surface area contributed by atoms with Crippen LogP contribution in [0, 0.1) is 21.4 Å². The normalized spacial score (nSPS) is 11.4. The summed E-state index contributed by atoms with van der Waals surface area (Å²) in [6.07, 6.45) is 2.29. The molecule has 1 unspecified atom stereocenters. The highest BCUT2D eigenvalue weighted by Crippen LogP contribution is 2.15. The van der Waals surface area contributed by atoms with Gasteiger partial charge in [0.05, 0.1) is 16.6 Å². The topological polar surface area (TPSA) is 114 Å². The molecule has 0 bridgehead atoms. The van der Waals surface area contributed by atoms with Gasteiger partial charge in [0.25, 0.3) is 0 Å². The predicted molar refractivity (Wildman–Crippen MR) is 73.4 cm³/mol. The van der Waals surface area contributed by atoms with Crippen molar-refractivity contribution < 1.29 is 9.72 Å². The van der Waals surface area contributed by atoms with Crippen LogP contribution < -0.4 is 5.32 Å². The predicted octanol–water partition coefficient (Wildman–Crippen LogP) is 1.86. The summed E-state index contributed by atoms with van der Waals surface area (Å²) in [7, 11) is 0. The number of nitriles is 1. The number of hydrogen-bond acceptors (Lipinski definition) is 5. The van der Waals surface area contributed by atoms with Gasteiger partial charge in [-0.05, 0) is 31.2 Å². The summed E-state index contributed by atoms with van der Waals surface area (Å²) in [6.45, 7) is 1.58. The minimum Gasteiger partial charge on any atom is -0.324 e. The number of hydrogen-bond donors (Lipinski definition) is 1. The van der Waals surface area contributed by atoms with E-state index in [2.05, 4.69) is 10.4 Å². The van der Waals surface area contributed by atoms with Crippen molar-refractivity contribution in [3.63, 3.8) is 0 Å². The summed E-state index contributed by atoms with van der Waals surface area (Å²) >= 11 is 0. The van der Waals surface area contributed by atoms with Crippen LogP contribution in [0.15, 0.2) is 36.7 Å². The van der Waals surface area contributed by atoms with Crippen LogP contribution in [0.3, 0.4) is 0 Å². The molecule has 2 rings (SSSR count). The van der Waals surface area contributed by atoms with Gasteiger partial charge < -0.3 is 5.32 Å². The van der Waals surface area contributed by atoms with Crippen LogP contribution >= 0.6 is 0 Å². The fourth-order valence-corrected chi connectivity index (χ4v) is 1.63. The Morgan fingerprint density at radius 3 is 2.67 bits per heavy atom. The number of nitrogens with one attached hydrogen (secondary N) is 1. The minimum absolute atomic E-state index is 0.173. The molecule has 1 amide bonds. The van der Waals surface area contributed by atoms with Gasteiger partial charge in [0, 0.05) is 5.69 Å². The first-order valence-corrected chi connectivity index (χ1v) is 6.01. The van der Waals surface area contributed by atoms with E-state index in [4.69, 9.17) is 5.26 Å². The number of rotatable bonds is 4. The van der Waals surface area contributed by atoms with Gasteiger partial charge in [0.1, 0.15) is 18.4 Å². The fourth-order valence-electron chi connectivity index (χ4n) is 1.63. The quantitative estimate of drug-likeness (QED) is 0.680. The Labute approximate surface area is 119 Å². The summed E-state index contributed by atoms with van der Waals surface area (Å²) in [5.41, 5.74) is 0.851. The first-order valence-electron chi connectivity index (χ1n) is 6.01. The molecule has 0 aliphatic carbocycles. The van der Waals surface area contributed by atoms with E-state index in [1.165, 1.54) is 10.9 Å². The molecule has 1 heterocycles. The van der Waals surface area contributed by atoms with E-state index in [1.54, 1.807) is 31.2 Å². The zero-order valence-corrected chi connectivity index (χ0v) is 11.1. The number of anilines is 1. The van der Waals surface area contributed by atoms with Crippen LogP contribution in [0.2, 0.25) is 0 Å². The molecule has 2 aromatic rings. The average Bonchev–Trinajstić information content (AvgIpc) is 2.97. The van der Waals surface area contributed by atoms with Crippen molar-refractivity contribution in [3.8, 4) is 6.07 Å². The molecule has 8 heteroatoms. The molecule has 0 saturated carbocycles. The van der Waals surface area contributed by atoms with Gasteiger partial charge in [-0.15, -0.1) is 0 Å². The Morgan fingerprint density at radius 2 is 2.14 bits per heavy atom. The Morgan fingerprint density at radius 1 is 1.48 bits per heavy atom. The number of nitro groups is 1. The maximum absolute atomic E-state index is 12.0. The standard InChI is InChI=1S/C13H11N5O3/c1-9(17-8-12(7-15-17)18(20)21)13(19)16-11-4-2-10(6-14)3-5-11/h2-5,7-9H,1H3,(H,16,19). The van der Waals surface area contributed by atoms with Crippen LogP contribution in [0.5, 0.6) is 0 Å². The maximum atomic E-state index is 12.0. The summed E-state index contributed by atoms with van der Waals surface area (Å²) < 4.78 is 1.22. The molecule has 0 aliphatic rings. The number of nitrogens with zero attached hydrogens (tertiary/aromatic N) is 4. The summed E-state index contributed by atoms with van der Waals surface area (Å²) in [4.78, 5) is 22.0. The first kappa shape index (κ1) is 14.2. The Bertz CT molecular complexity index is 714. The van der Waals surface area contributed by atoms with E-state index < -0.39 is 11.0 Å². The van der Waals surface area contributed by atoms with E-state index in [1.807, 2.05) is 6.07 Å². The highest BCUT2D eigenvalue weighted by molar-refractivity contribution is 5.93. The highest BCUT2D eigenvalue weighted by atomic mass is 16.6. The third-order valence-corrected chi connectivity index (χ3v) is 2.86. The molecule has 21 heavy (non-hydrogen) atoms. The van der Waals surface area contributed by atoms with E-state index in [9.17, 15) is 14.9 Å². The maximum Gasteiger partial charge on any atom is 0.307 e. The second-order valence-corrected chi connectivity index (χ2v) is 4.29. The molecule has 106 valence electrons. The van der Waals surface area contributed by atoms with Crippen LogP contribution in [0.25, 0.3) is 0 Å². The molecular weight excluding hydrogens is 274 g/mol. The minimum atomic E-state index is -0.700. The summed E-state index contributed by atoms with van der Waals surface area (Å²) in [5.74, 6) is -0.363. The second kappa shape index (κ2) is 5.83. The molecule has 1 aromatic heterocycles. The van der Waals surface area contributed by atoms with Crippen molar-refractivity contribution in [3.05, 3.63) is 52.3 Å². The van der Waals surface area contributed by atoms with Crippen molar-refractivity contribution in [2.45, 2.75) is 13.0 Å². The highest BCUT2D eigenvalue weighted by Gasteiger charge is 2.19. The van der Waals surface area contributed by atoms with Gasteiger partial charge in [0.2, 0.25) is 5.91 Å². The molecule has 0 spiro atoms. The third-order valence-electron chi connectivity index (χ3n) is 2.86. The van der Waals surface area contributed by atoms with Crippen LogP contribution in [0.1, 0.15) is 18.5 Å².